The number of aryl methyl sites for hydroxylation is 1. The standard InChI is InChI=1S/C15H16N2O6S2/c1-11-4-5-12(17-15(18)6-8-24(17,19)20)9-14(11)25(21,22)16-10-13-3-2-7-23-13/h2-5,7,9,16H,6,8,10H2,1H3. The van der Waals surface area contributed by atoms with Gasteiger partial charge >= 0.3 is 0 Å². The van der Waals surface area contributed by atoms with E-state index >= 15 is 0 Å². The first-order chi connectivity index (χ1) is 11.7. The lowest BCUT2D eigenvalue weighted by Crippen LogP contribution is -2.30. The van der Waals surface area contributed by atoms with Crippen molar-refractivity contribution in [2.45, 2.75) is 24.8 Å². The predicted octanol–water partition coefficient (Wildman–Crippen LogP) is 1.13. The van der Waals surface area contributed by atoms with Crippen molar-refractivity contribution < 1.29 is 26.0 Å². The summed E-state index contributed by atoms with van der Waals surface area (Å²) in [4.78, 5) is 11.8. The zero-order valence-corrected chi connectivity index (χ0v) is 14.9. The van der Waals surface area contributed by atoms with E-state index in [1.807, 2.05) is 0 Å². The Morgan fingerprint density at radius 1 is 1.28 bits per heavy atom. The molecule has 0 bridgehead atoms. The van der Waals surface area contributed by atoms with Crippen molar-refractivity contribution in [3.8, 4) is 0 Å². The number of carbonyl (C=O) groups excluding carboxylic acids is 1. The summed E-state index contributed by atoms with van der Waals surface area (Å²) in [5, 5.41) is 0. The van der Waals surface area contributed by atoms with E-state index in [1.54, 1.807) is 19.1 Å². The van der Waals surface area contributed by atoms with Crippen LogP contribution in [0, 0.1) is 6.92 Å². The molecule has 1 aliphatic rings. The number of nitrogens with one attached hydrogen (secondary N) is 1. The number of furan rings is 1. The highest BCUT2D eigenvalue weighted by atomic mass is 32.2. The van der Waals surface area contributed by atoms with Crippen LogP contribution in [-0.2, 0) is 31.4 Å². The first kappa shape index (κ1) is 17.6. The maximum atomic E-state index is 12.6. The average molecular weight is 384 g/mol. The van der Waals surface area contributed by atoms with Gasteiger partial charge in [0.05, 0.1) is 29.1 Å². The van der Waals surface area contributed by atoms with E-state index in [2.05, 4.69) is 4.72 Å². The highest BCUT2D eigenvalue weighted by molar-refractivity contribution is 7.94. The molecule has 1 aromatic carbocycles. The second-order valence-corrected chi connectivity index (χ2v) is 9.25. The molecule has 0 atom stereocenters. The molecule has 0 saturated carbocycles. The predicted molar refractivity (Wildman–Crippen MR) is 89.8 cm³/mol. The van der Waals surface area contributed by atoms with Crippen molar-refractivity contribution in [2.24, 2.45) is 0 Å². The molecule has 0 aliphatic carbocycles. The summed E-state index contributed by atoms with van der Waals surface area (Å²) < 4.78 is 57.3. The molecule has 134 valence electrons. The van der Waals surface area contributed by atoms with Gasteiger partial charge in [-0.15, -0.1) is 0 Å². The third-order valence-corrected chi connectivity index (χ3v) is 7.02. The molecule has 1 aliphatic heterocycles. The Labute approximate surface area is 145 Å². The average Bonchev–Trinajstić information content (AvgIpc) is 3.14. The minimum atomic E-state index is -3.92. The molecular formula is C15H16N2O6S2. The van der Waals surface area contributed by atoms with Crippen LogP contribution in [0.1, 0.15) is 17.7 Å². The zero-order valence-electron chi connectivity index (χ0n) is 13.3. The summed E-state index contributed by atoms with van der Waals surface area (Å²) in [6.07, 6.45) is 1.31. The van der Waals surface area contributed by atoms with Gasteiger partial charge < -0.3 is 4.42 Å². The fourth-order valence-electron chi connectivity index (χ4n) is 2.53. The van der Waals surface area contributed by atoms with Gasteiger partial charge in [0.25, 0.3) is 0 Å². The summed E-state index contributed by atoms with van der Waals surface area (Å²) in [6.45, 7) is 1.55. The fraction of sp³-hybridized carbons (Fsp3) is 0.267. The smallest absolute Gasteiger partial charge is 0.242 e. The molecule has 0 unspecified atom stereocenters. The van der Waals surface area contributed by atoms with Crippen molar-refractivity contribution in [3.63, 3.8) is 0 Å². The Morgan fingerprint density at radius 2 is 2.04 bits per heavy atom. The van der Waals surface area contributed by atoms with E-state index in [4.69, 9.17) is 4.42 Å². The maximum Gasteiger partial charge on any atom is 0.242 e. The molecule has 3 rings (SSSR count). The quantitative estimate of drug-likeness (QED) is 0.827. The Balaban J connectivity index is 1.95. The highest BCUT2D eigenvalue weighted by Crippen LogP contribution is 2.29. The SMILES string of the molecule is Cc1ccc(N2C(=O)CCS2(=O)=O)cc1S(=O)(=O)NCc1ccco1. The highest BCUT2D eigenvalue weighted by Gasteiger charge is 2.36. The van der Waals surface area contributed by atoms with Gasteiger partial charge in [0.15, 0.2) is 0 Å². The van der Waals surface area contributed by atoms with Gasteiger partial charge in [-0.1, -0.05) is 6.07 Å². The van der Waals surface area contributed by atoms with Gasteiger partial charge in [-0.05, 0) is 36.8 Å². The van der Waals surface area contributed by atoms with Crippen LogP contribution in [0.2, 0.25) is 0 Å². The molecule has 10 heteroatoms. The van der Waals surface area contributed by atoms with Crippen LogP contribution < -0.4 is 9.03 Å². The van der Waals surface area contributed by atoms with E-state index in [-0.39, 0.29) is 29.3 Å². The van der Waals surface area contributed by atoms with Crippen LogP contribution >= 0.6 is 0 Å². The largest absolute Gasteiger partial charge is 0.468 e. The van der Waals surface area contributed by atoms with Gasteiger partial charge in [-0.25, -0.2) is 25.9 Å². The van der Waals surface area contributed by atoms with Crippen molar-refractivity contribution in [1.29, 1.82) is 0 Å². The molecule has 1 fully saturated rings. The number of rotatable bonds is 5. The summed E-state index contributed by atoms with van der Waals surface area (Å²) in [5.74, 6) is -0.413. The first-order valence-electron chi connectivity index (χ1n) is 7.39. The Morgan fingerprint density at radius 3 is 2.64 bits per heavy atom. The Kier molecular flexibility index (Phi) is 4.43. The lowest BCUT2D eigenvalue weighted by Gasteiger charge is -2.17. The summed E-state index contributed by atoms with van der Waals surface area (Å²) >= 11 is 0. The number of nitrogens with zero attached hydrogens (tertiary/aromatic N) is 1. The monoisotopic (exact) mass is 384 g/mol. The molecule has 8 nitrogen and oxygen atoms in total. The van der Waals surface area contributed by atoms with E-state index in [9.17, 15) is 21.6 Å². The Bertz CT molecular complexity index is 1010. The summed E-state index contributed by atoms with van der Waals surface area (Å²) in [7, 11) is -7.68. The molecule has 1 saturated heterocycles. The second-order valence-electron chi connectivity index (χ2n) is 5.58. The van der Waals surface area contributed by atoms with E-state index in [0.717, 1.165) is 0 Å². The molecule has 2 heterocycles. The number of hydrogen-bond acceptors (Lipinski definition) is 6. The lowest BCUT2D eigenvalue weighted by molar-refractivity contribution is -0.116. The molecule has 1 aromatic heterocycles. The van der Waals surface area contributed by atoms with Crippen LogP contribution in [0.5, 0.6) is 0 Å². The van der Waals surface area contributed by atoms with Crippen molar-refractivity contribution >= 4 is 31.6 Å². The summed E-state index contributed by atoms with van der Waals surface area (Å²) in [5.41, 5.74) is 0.450. The topological polar surface area (TPSA) is 114 Å². The normalized spacial score (nSPS) is 17.2. The number of sulfonamides is 2. The van der Waals surface area contributed by atoms with Gasteiger partial charge in [0.2, 0.25) is 26.0 Å². The Hall–Kier alpha value is -2.17. The number of anilines is 1. The first-order valence-corrected chi connectivity index (χ1v) is 10.5. The summed E-state index contributed by atoms with van der Waals surface area (Å²) in [6, 6.07) is 7.35. The second kappa shape index (κ2) is 6.28. The third-order valence-electron chi connectivity index (χ3n) is 3.79. The van der Waals surface area contributed by atoms with Crippen LogP contribution in [0.25, 0.3) is 0 Å². The van der Waals surface area contributed by atoms with Crippen LogP contribution in [0.15, 0.2) is 45.9 Å². The van der Waals surface area contributed by atoms with Crippen LogP contribution in [-0.4, -0.2) is 28.5 Å². The fourth-order valence-corrected chi connectivity index (χ4v) is 5.24. The van der Waals surface area contributed by atoms with Crippen LogP contribution in [0.4, 0.5) is 5.69 Å². The van der Waals surface area contributed by atoms with Gasteiger partial charge in [-0.3, -0.25) is 4.79 Å². The van der Waals surface area contributed by atoms with Gasteiger partial charge in [0, 0.05) is 6.42 Å². The molecule has 25 heavy (non-hydrogen) atoms. The number of hydrogen-bond donors (Lipinski definition) is 1. The van der Waals surface area contributed by atoms with E-state index in [0.29, 0.717) is 15.6 Å². The molecule has 1 amide bonds. The van der Waals surface area contributed by atoms with Crippen molar-refractivity contribution in [1.82, 2.24) is 4.72 Å². The molecule has 0 radical (unpaired) electrons. The minimum absolute atomic E-state index is 0.0199. The van der Waals surface area contributed by atoms with Crippen molar-refractivity contribution in [2.75, 3.05) is 10.1 Å². The van der Waals surface area contributed by atoms with Crippen LogP contribution in [0.3, 0.4) is 0 Å². The lowest BCUT2D eigenvalue weighted by atomic mass is 10.2. The van der Waals surface area contributed by atoms with E-state index in [1.165, 1.54) is 24.5 Å². The minimum Gasteiger partial charge on any atom is -0.468 e. The van der Waals surface area contributed by atoms with Crippen molar-refractivity contribution in [3.05, 3.63) is 47.9 Å². The number of benzene rings is 1. The maximum absolute atomic E-state index is 12.6. The van der Waals surface area contributed by atoms with E-state index < -0.39 is 26.0 Å². The van der Waals surface area contributed by atoms with Gasteiger partial charge in [0.1, 0.15) is 5.76 Å². The molecule has 1 N–H and O–H groups in total. The zero-order chi connectivity index (χ0) is 18.2. The number of amides is 1. The molecule has 2 aromatic rings. The number of carbonyl (C=O) groups is 1. The molecule has 0 spiro atoms. The molecular weight excluding hydrogens is 368 g/mol. The third kappa shape index (κ3) is 3.46. The van der Waals surface area contributed by atoms with Gasteiger partial charge in [-0.2, -0.15) is 0 Å².